The van der Waals surface area contributed by atoms with Crippen molar-refractivity contribution in [2.45, 2.75) is 24.9 Å². The second-order valence-corrected chi connectivity index (χ2v) is 7.41. The number of fused-ring (bicyclic) bond motifs is 1. The maximum atomic E-state index is 14.2. The number of hydrogen-bond acceptors (Lipinski definition) is 8. The zero-order valence-corrected chi connectivity index (χ0v) is 12.8. The quantitative estimate of drug-likeness (QED) is 0.530. The summed E-state index contributed by atoms with van der Waals surface area (Å²) < 4.78 is 36.4. The van der Waals surface area contributed by atoms with E-state index in [1.165, 1.54) is 6.33 Å². The van der Waals surface area contributed by atoms with E-state index in [9.17, 15) is 8.96 Å². The first-order valence-electron chi connectivity index (χ1n) is 6.16. The molecule has 4 atom stereocenters. The van der Waals surface area contributed by atoms with Gasteiger partial charge in [0.25, 0.3) is 0 Å². The van der Waals surface area contributed by atoms with E-state index in [0.29, 0.717) is 0 Å². The molecule has 0 spiro atoms. The number of aromatic nitrogens is 5. The van der Waals surface area contributed by atoms with Crippen LogP contribution in [0.2, 0.25) is 0 Å². The molecule has 1 aliphatic rings. The van der Waals surface area contributed by atoms with Gasteiger partial charge < -0.3 is 15.4 Å². The molecule has 1 fully saturated rings. The molecule has 10 nitrogen and oxygen atoms in total. The average molecular weight is 350 g/mol. The predicted octanol–water partition coefficient (Wildman–Crippen LogP) is 0.476. The van der Waals surface area contributed by atoms with Gasteiger partial charge >= 0.3 is 6.80 Å². The molecular weight excluding hydrogens is 338 g/mol. The summed E-state index contributed by atoms with van der Waals surface area (Å²) in [5.74, 6) is 0.126. The van der Waals surface area contributed by atoms with Crippen LogP contribution in [-0.2, 0) is 13.8 Å². The zero-order valence-electron chi connectivity index (χ0n) is 11.0. The first-order valence-corrected chi connectivity index (χ1v) is 8.89. The van der Waals surface area contributed by atoms with Crippen LogP contribution in [0.4, 0.5) is 10.2 Å². The molecule has 3 rings (SSSR count). The van der Waals surface area contributed by atoms with E-state index in [-0.39, 0.29) is 30.0 Å². The van der Waals surface area contributed by atoms with Crippen molar-refractivity contribution in [3.8, 4) is 0 Å². The van der Waals surface area contributed by atoms with Crippen LogP contribution in [0.15, 0.2) is 6.33 Å². The lowest BCUT2D eigenvalue weighted by atomic mass is 10.2. The predicted molar refractivity (Wildman–Crippen MR) is 75.7 cm³/mol. The smallest absolute Gasteiger partial charge is 0.382 e. The Labute approximate surface area is 128 Å². The number of halogens is 1. The van der Waals surface area contributed by atoms with Gasteiger partial charge in [-0.2, -0.15) is 4.68 Å². The average Bonchev–Trinajstić information content (AvgIpc) is 3.00. The van der Waals surface area contributed by atoms with Crippen molar-refractivity contribution >= 4 is 36.0 Å². The number of ether oxygens (including phenoxy) is 1. The van der Waals surface area contributed by atoms with Crippen LogP contribution in [-0.4, -0.2) is 48.7 Å². The van der Waals surface area contributed by atoms with Crippen LogP contribution in [0.25, 0.3) is 11.2 Å². The van der Waals surface area contributed by atoms with Crippen molar-refractivity contribution in [3.63, 3.8) is 0 Å². The molecule has 0 aliphatic carbocycles. The van der Waals surface area contributed by atoms with E-state index in [1.807, 2.05) is 0 Å². The van der Waals surface area contributed by atoms with Crippen molar-refractivity contribution < 1.29 is 23.1 Å². The Hall–Kier alpha value is -1.33. The topological polar surface area (TPSA) is 138 Å². The molecule has 1 saturated heterocycles. The molecule has 2 aromatic rings. The molecule has 3 N–H and O–H groups in total. The second kappa shape index (κ2) is 5.70. The Bertz CT molecular complexity index is 740. The molecule has 0 aromatic carbocycles. The normalized spacial score (nSPS) is 28.0. The highest BCUT2D eigenvalue weighted by atomic mass is 32.7. The molecular formula is C9H12FN6O4PS. The van der Waals surface area contributed by atoms with Gasteiger partial charge in [0.1, 0.15) is 12.5 Å². The molecule has 3 heterocycles. The number of nitrogens with zero attached hydrogens (tertiary/aromatic N) is 5. The summed E-state index contributed by atoms with van der Waals surface area (Å²) in [5.41, 5.74) is 6.12. The molecule has 1 unspecified atom stereocenters. The van der Waals surface area contributed by atoms with E-state index >= 15 is 0 Å². The summed E-state index contributed by atoms with van der Waals surface area (Å²) in [5, 5.41) is 7.59. The SMILES string of the molecule is Nc1ncnc2c1nnn2[C@H]1O[C@H](COP(=O)(O)S)C[C@@H]1F. The third-order valence-electron chi connectivity index (χ3n) is 3.09. The maximum Gasteiger partial charge on any atom is 0.383 e. The highest BCUT2D eigenvalue weighted by Crippen LogP contribution is 2.47. The second-order valence-electron chi connectivity index (χ2n) is 4.65. The first-order chi connectivity index (χ1) is 10.3. The summed E-state index contributed by atoms with van der Waals surface area (Å²) in [6, 6.07) is 0. The number of hydrogen-bond donors (Lipinski definition) is 3. The lowest BCUT2D eigenvalue weighted by molar-refractivity contribution is -0.0389. The van der Waals surface area contributed by atoms with Crippen LogP contribution < -0.4 is 5.73 Å². The number of thiol groups is 1. The molecule has 0 radical (unpaired) electrons. The molecule has 120 valence electrons. The fraction of sp³-hybridized carbons (Fsp3) is 0.556. The standard InChI is InChI=1S/C9H12FN6O4PS/c10-5-1-4(2-19-21(17,18)22)20-9(5)16-8-6(14-15-16)7(11)12-3-13-8/h3-5,9H,1-2H2,(H2,11,12,13)(H2,17,18,22)/t4-,5-,9-/m0/s1. The lowest BCUT2D eigenvalue weighted by Gasteiger charge is -2.14. The van der Waals surface area contributed by atoms with Crippen LogP contribution in [0.3, 0.4) is 0 Å². The van der Waals surface area contributed by atoms with E-state index in [2.05, 4.69) is 37.1 Å². The van der Waals surface area contributed by atoms with Gasteiger partial charge in [-0.25, -0.2) is 18.9 Å². The van der Waals surface area contributed by atoms with Crippen molar-refractivity contribution in [2.75, 3.05) is 12.3 Å². The molecule has 22 heavy (non-hydrogen) atoms. The van der Waals surface area contributed by atoms with Gasteiger partial charge in [-0.05, 0) is 0 Å². The molecule has 0 amide bonds. The molecule has 0 saturated carbocycles. The lowest BCUT2D eigenvalue weighted by Crippen LogP contribution is -2.19. The Balaban J connectivity index is 1.80. The Morgan fingerprint density at radius 1 is 1.64 bits per heavy atom. The third-order valence-corrected chi connectivity index (χ3v) is 3.92. The molecule has 0 bridgehead atoms. The highest BCUT2D eigenvalue weighted by molar-refractivity contribution is 8.44. The summed E-state index contributed by atoms with van der Waals surface area (Å²) in [6.45, 7) is -4.21. The van der Waals surface area contributed by atoms with Gasteiger partial charge in [-0.3, -0.25) is 4.52 Å². The fourth-order valence-corrected chi connectivity index (χ4v) is 2.72. The van der Waals surface area contributed by atoms with E-state index in [4.69, 9.17) is 15.4 Å². The first kappa shape index (κ1) is 15.6. The minimum Gasteiger partial charge on any atom is -0.382 e. The largest absolute Gasteiger partial charge is 0.383 e. The van der Waals surface area contributed by atoms with Gasteiger partial charge in [0.15, 0.2) is 23.2 Å². The van der Waals surface area contributed by atoms with E-state index in [1.54, 1.807) is 0 Å². The van der Waals surface area contributed by atoms with Crippen molar-refractivity contribution in [2.24, 2.45) is 0 Å². The van der Waals surface area contributed by atoms with E-state index < -0.39 is 25.3 Å². The monoisotopic (exact) mass is 350 g/mol. The molecule has 2 aromatic heterocycles. The Kier molecular flexibility index (Phi) is 4.03. The Morgan fingerprint density at radius 2 is 2.41 bits per heavy atom. The van der Waals surface area contributed by atoms with Gasteiger partial charge in [0.05, 0.1) is 12.7 Å². The van der Waals surface area contributed by atoms with Crippen molar-refractivity contribution in [1.82, 2.24) is 25.0 Å². The van der Waals surface area contributed by atoms with Gasteiger partial charge in [-0.1, -0.05) is 17.5 Å². The van der Waals surface area contributed by atoms with Crippen LogP contribution in [0.5, 0.6) is 0 Å². The number of alkyl halides is 1. The van der Waals surface area contributed by atoms with Crippen molar-refractivity contribution in [1.29, 1.82) is 0 Å². The molecule has 13 heteroatoms. The highest BCUT2D eigenvalue weighted by Gasteiger charge is 2.39. The summed E-state index contributed by atoms with van der Waals surface area (Å²) in [7, 11) is 0. The summed E-state index contributed by atoms with van der Waals surface area (Å²) in [4.78, 5) is 16.7. The molecule has 1 aliphatic heterocycles. The van der Waals surface area contributed by atoms with E-state index in [0.717, 1.165) is 4.68 Å². The van der Waals surface area contributed by atoms with Crippen LogP contribution >= 0.6 is 19.0 Å². The van der Waals surface area contributed by atoms with Crippen LogP contribution in [0.1, 0.15) is 12.6 Å². The number of rotatable bonds is 4. The fourth-order valence-electron chi connectivity index (χ4n) is 2.16. The van der Waals surface area contributed by atoms with Gasteiger partial charge in [0.2, 0.25) is 0 Å². The van der Waals surface area contributed by atoms with Crippen molar-refractivity contribution in [3.05, 3.63) is 6.33 Å². The summed E-state index contributed by atoms with van der Waals surface area (Å²) >= 11 is 3.37. The maximum absolute atomic E-state index is 14.2. The van der Waals surface area contributed by atoms with Crippen LogP contribution in [0, 0.1) is 0 Å². The zero-order chi connectivity index (χ0) is 15.9. The van der Waals surface area contributed by atoms with Gasteiger partial charge in [-0.15, -0.1) is 5.10 Å². The third kappa shape index (κ3) is 3.06. The summed E-state index contributed by atoms with van der Waals surface area (Å²) in [6.07, 6.45) is -2.02. The minimum absolute atomic E-state index is 0.0274. The van der Waals surface area contributed by atoms with Gasteiger partial charge in [0, 0.05) is 6.42 Å². The number of nitrogens with two attached hydrogens (primary N) is 1. The number of anilines is 1. The Morgan fingerprint density at radius 3 is 3.14 bits per heavy atom. The number of nitrogen functional groups attached to an aromatic ring is 1. The minimum atomic E-state index is -3.94.